The van der Waals surface area contributed by atoms with E-state index in [1.165, 1.54) is 0 Å². The van der Waals surface area contributed by atoms with Gasteiger partial charge in [0.25, 0.3) is 5.91 Å². The van der Waals surface area contributed by atoms with Crippen LogP contribution in [0.2, 0.25) is 0 Å². The first kappa shape index (κ1) is 21.5. The molecule has 29 heavy (non-hydrogen) atoms. The Hall–Kier alpha value is -2.16. The third-order valence-corrected chi connectivity index (χ3v) is 5.70. The summed E-state index contributed by atoms with van der Waals surface area (Å²) in [5, 5.41) is 0. The van der Waals surface area contributed by atoms with E-state index < -0.39 is 9.84 Å². The molecule has 1 aromatic carbocycles. The minimum Gasteiger partial charge on any atom is -0.455 e. The Morgan fingerprint density at radius 3 is 2.48 bits per heavy atom. The molecule has 1 unspecified atom stereocenters. The van der Waals surface area contributed by atoms with Crippen LogP contribution in [0.5, 0.6) is 0 Å². The summed E-state index contributed by atoms with van der Waals surface area (Å²) in [7, 11) is -3.23. The van der Waals surface area contributed by atoms with Gasteiger partial charge in [0.15, 0.2) is 15.6 Å². The summed E-state index contributed by atoms with van der Waals surface area (Å²) in [5.74, 6) is -0.0263. The molecule has 0 radical (unpaired) electrons. The normalized spacial score (nSPS) is 16.5. The maximum Gasteiger partial charge on any atom is 0.290 e. The molecule has 0 bridgehead atoms. The maximum absolute atomic E-state index is 13.3. The first-order chi connectivity index (χ1) is 13.8. The monoisotopic (exact) mass is 420 g/mol. The van der Waals surface area contributed by atoms with Crippen LogP contribution in [-0.4, -0.2) is 69.3 Å². The largest absolute Gasteiger partial charge is 0.455 e. The van der Waals surface area contributed by atoms with E-state index in [1.54, 1.807) is 17.0 Å². The summed E-state index contributed by atoms with van der Waals surface area (Å²) in [6, 6.07) is 12.9. The van der Waals surface area contributed by atoms with E-state index in [0.29, 0.717) is 19.8 Å². The number of amides is 1. The van der Waals surface area contributed by atoms with Crippen molar-refractivity contribution in [2.45, 2.75) is 25.3 Å². The number of carbonyl (C=O) groups is 1. The molecule has 1 fully saturated rings. The fourth-order valence-corrected chi connectivity index (χ4v) is 4.11. The highest BCUT2D eigenvalue weighted by molar-refractivity contribution is 7.89. The minimum absolute atomic E-state index is 0.0516. The number of carbonyl (C=O) groups excluding carboxylic acids is 1. The number of ether oxygens (including phenoxy) is 1. The van der Waals surface area contributed by atoms with Gasteiger partial charge in [-0.25, -0.2) is 8.42 Å². The predicted molar refractivity (Wildman–Crippen MR) is 110 cm³/mol. The van der Waals surface area contributed by atoms with Crippen molar-refractivity contribution >= 4 is 15.7 Å². The highest BCUT2D eigenvalue weighted by atomic mass is 32.2. The van der Waals surface area contributed by atoms with Crippen molar-refractivity contribution in [3.05, 3.63) is 59.5 Å². The standard InChI is InChI=1S/C21H28N2O5S/c1-17(14-22-10-12-27-13-11-22)23(15-18-6-4-3-5-7-18)21(24)20-9-8-19(28-20)16-29(2,25)26/h3-9,17H,10-16H2,1-2H3. The summed E-state index contributed by atoms with van der Waals surface area (Å²) in [5.41, 5.74) is 1.03. The van der Waals surface area contributed by atoms with E-state index in [1.807, 2.05) is 37.3 Å². The van der Waals surface area contributed by atoms with Gasteiger partial charge < -0.3 is 14.1 Å². The van der Waals surface area contributed by atoms with E-state index in [9.17, 15) is 13.2 Å². The third-order valence-electron chi connectivity index (χ3n) is 4.89. The molecule has 1 amide bonds. The van der Waals surface area contributed by atoms with Gasteiger partial charge in [0, 0.05) is 38.5 Å². The topological polar surface area (TPSA) is 80.1 Å². The summed E-state index contributed by atoms with van der Waals surface area (Å²) < 4.78 is 34.0. The van der Waals surface area contributed by atoms with Gasteiger partial charge >= 0.3 is 0 Å². The van der Waals surface area contributed by atoms with Crippen LogP contribution in [0.4, 0.5) is 0 Å². The van der Waals surface area contributed by atoms with E-state index in [-0.39, 0.29) is 29.2 Å². The Morgan fingerprint density at radius 2 is 1.83 bits per heavy atom. The third kappa shape index (κ3) is 6.42. The number of morpholine rings is 1. The fourth-order valence-electron chi connectivity index (χ4n) is 3.43. The SMILES string of the molecule is CC(CN1CCOCC1)N(Cc1ccccc1)C(=O)c1ccc(CS(C)(=O)=O)o1. The molecular formula is C21H28N2O5S. The van der Waals surface area contributed by atoms with Crippen molar-refractivity contribution in [2.24, 2.45) is 0 Å². The molecule has 1 aliphatic heterocycles. The second-order valence-electron chi connectivity index (χ2n) is 7.52. The van der Waals surface area contributed by atoms with Crippen LogP contribution < -0.4 is 0 Å². The number of furan rings is 1. The Balaban J connectivity index is 1.78. The molecule has 3 rings (SSSR count). The van der Waals surface area contributed by atoms with Gasteiger partial charge in [0.2, 0.25) is 0 Å². The molecule has 2 aromatic rings. The van der Waals surface area contributed by atoms with Crippen molar-refractivity contribution in [3.8, 4) is 0 Å². The number of rotatable bonds is 8. The quantitative estimate of drug-likeness (QED) is 0.651. The van der Waals surface area contributed by atoms with E-state index >= 15 is 0 Å². The molecular weight excluding hydrogens is 392 g/mol. The number of hydrogen-bond donors (Lipinski definition) is 0. The Morgan fingerprint density at radius 1 is 1.14 bits per heavy atom. The number of sulfone groups is 1. The first-order valence-corrected chi connectivity index (χ1v) is 11.8. The van der Waals surface area contributed by atoms with Crippen LogP contribution in [0.1, 0.15) is 28.8 Å². The van der Waals surface area contributed by atoms with Crippen LogP contribution in [0.25, 0.3) is 0 Å². The zero-order valence-corrected chi connectivity index (χ0v) is 17.7. The van der Waals surface area contributed by atoms with Crippen molar-refractivity contribution in [2.75, 3.05) is 39.1 Å². The summed E-state index contributed by atoms with van der Waals surface area (Å²) in [4.78, 5) is 17.3. The van der Waals surface area contributed by atoms with Gasteiger partial charge in [-0.3, -0.25) is 9.69 Å². The van der Waals surface area contributed by atoms with Gasteiger partial charge in [0.05, 0.1) is 13.2 Å². The van der Waals surface area contributed by atoms with Crippen molar-refractivity contribution in [1.29, 1.82) is 0 Å². The molecule has 0 spiro atoms. The summed E-state index contributed by atoms with van der Waals surface area (Å²) >= 11 is 0. The lowest BCUT2D eigenvalue weighted by molar-refractivity contribution is 0.0221. The highest BCUT2D eigenvalue weighted by Gasteiger charge is 2.27. The Labute approximate surface area is 172 Å². The maximum atomic E-state index is 13.3. The van der Waals surface area contributed by atoms with E-state index in [0.717, 1.165) is 31.5 Å². The van der Waals surface area contributed by atoms with Gasteiger partial charge in [-0.15, -0.1) is 0 Å². The van der Waals surface area contributed by atoms with Crippen molar-refractivity contribution < 1.29 is 22.4 Å². The lowest BCUT2D eigenvalue weighted by atomic mass is 10.1. The van der Waals surface area contributed by atoms with Gasteiger partial charge in [-0.05, 0) is 24.6 Å². The fraction of sp³-hybridized carbons (Fsp3) is 0.476. The molecule has 0 N–H and O–H groups in total. The van der Waals surface area contributed by atoms with Crippen LogP contribution in [-0.2, 0) is 26.9 Å². The van der Waals surface area contributed by atoms with Gasteiger partial charge in [-0.1, -0.05) is 30.3 Å². The molecule has 1 aromatic heterocycles. The average molecular weight is 421 g/mol. The molecule has 7 nitrogen and oxygen atoms in total. The molecule has 1 aliphatic rings. The Bertz CT molecular complexity index is 904. The average Bonchev–Trinajstić information content (AvgIpc) is 3.14. The Kier molecular flexibility index (Phi) is 7.10. The van der Waals surface area contributed by atoms with Crippen LogP contribution in [0.3, 0.4) is 0 Å². The lowest BCUT2D eigenvalue weighted by Gasteiger charge is -2.34. The number of nitrogens with zero attached hydrogens (tertiary/aromatic N) is 2. The minimum atomic E-state index is -3.23. The zero-order valence-electron chi connectivity index (χ0n) is 16.9. The van der Waals surface area contributed by atoms with Crippen molar-refractivity contribution in [1.82, 2.24) is 9.80 Å². The number of benzene rings is 1. The molecule has 158 valence electrons. The number of hydrogen-bond acceptors (Lipinski definition) is 6. The summed E-state index contributed by atoms with van der Waals surface area (Å²) in [6.07, 6.45) is 1.14. The zero-order chi connectivity index (χ0) is 20.9. The smallest absolute Gasteiger partial charge is 0.290 e. The molecule has 1 atom stereocenters. The van der Waals surface area contributed by atoms with E-state index in [2.05, 4.69) is 4.90 Å². The molecule has 2 heterocycles. The van der Waals surface area contributed by atoms with Gasteiger partial charge in [0.1, 0.15) is 11.5 Å². The second-order valence-corrected chi connectivity index (χ2v) is 9.66. The highest BCUT2D eigenvalue weighted by Crippen LogP contribution is 2.18. The first-order valence-electron chi connectivity index (χ1n) is 9.73. The van der Waals surface area contributed by atoms with Crippen LogP contribution in [0.15, 0.2) is 46.9 Å². The van der Waals surface area contributed by atoms with Crippen molar-refractivity contribution in [3.63, 3.8) is 0 Å². The summed E-state index contributed by atoms with van der Waals surface area (Å²) in [6.45, 7) is 6.30. The van der Waals surface area contributed by atoms with Crippen LogP contribution >= 0.6 is 0 Å². The van der Waals surface area contributed by atoms with E-state index in [4.69, 9.17) is 9.15 Å². The molecule has 1 saturated heterocycles. The second kappa shape index (κ2) is 9.56. The molecule has 8 heteroatoms. The molecule has 0 aliphatic carbocycles. The predicted octanol–water partition coefficient (Wildman–Crippen LogP) is 2.19. The van der Waals surface area contributed by atoms with Crippen LogP contribution in [0, 0.1) is 0 Å². The molecule has 0 saturated carbocycles. The van der Waals surface area contributed by atoms with Gasteiger partial charge in [-0.2, -0.15) is 0 Å². The lowest BCUT2D eigenvalue weighted by Crippen LogP contribution is -2.47.